The Hall–Kier alpha value is -4.81. The van der Waals surface area contributed by atoms with Gasteiger partial charge in [0.15, 0.2) is 0 Å². The zero-order valence-electron chi connectivity index (χ0n) is 20.6. The molecule has 4 aromatic rings. The molecular formula is C27H18Cl2F3N5O4. The maximum absolute atomic E-state index is 13.0. The first-order valence-electron chi connectivity index (χ1n) is 11.5. The fourth-order valence-electron chi connectivity index (χ4n) is 3.30. The number of alkyl halides is 3. The van der Waals surface area contributed by atoms with Crippen LogP contribution in [0.15, 0.2) is 85.1 Å². The Morgan fingerprint density at radius 2 is 1.34 bits per heavy atom. The lowest BCUT2D eigenvalue weighted by atomic mass is 10.1. The Balaban J connectivity index is 1.32. The van der Waals surface area contributed by atoms with E-state index >= 15 is 0 Å². The number of pyridine rings is 1. The minimum atomic E-state index is -4.76. The van der Waals surface area contributed by atoms with Gasteiger partial charge in [0.1, 0.15) is 17.2 Å². The number of benzene rings is 3. The average Bonchev–Trinajstić information content (AvgIpc) is 2.93. The highest BCUT2D eigenvalue weighted by Crippen LogP contribution is 2.35. The molecule has 14 heteroatoms. The highest BCUT2D eigenvalue weighted by molar-refractivity contribution is 6.31. The van der Waals surface area contributed by atoms with Crippen LogP contribution in [0.25, 0.3) is 0 Å². The number of nitrogens with zero attached hydrogens (tertiary/aromatic N) is 1. The van der Waals surface area contributed by atoms with Gasteiger partial charge in [0.25, 0.3) is 11.8 Å². The lowest BCUT2D eigenvalue weighted by molar-refractivity contribution is -0.137. The Kier molecular flexibility index (Phi) is 8.95. The summed E-state index contributed by atoms with van der Waals surface area (Å²) in [5.41, 5.74) is 3.46. The molecule has 1 heterocycles. The Bertz CT molecular complexity index is 1580. The van der Waals surface area contributed by atoms with Gasteiger partial charge in [0.05, 0.1) is 10.6 Å². The number of carbonyl (C=O) groups is 3. The van der Waals surface area contributed by atoms with Crippen molar-refractivity contribution in [1.82, 2.24) is 15.8 Å². The SMILES string of the molecule is O=C(Nc1ccc(Cl)cc1)Nc1ccc(Oc2ccnc(C(=O)NNC(=O)c3ccc(Cl)c(C(F)(F)F)c3)c2)cc1. The molecule has 3 aromatic carbocycles. The van der Waals surface area contributed by atoms with Crippen LogP contribution in [0, 0.1) is 0 Å². The van der Waals surface area contributed by atoms with Gasteiger partial charge in [-0.1, -0.05) is 23.2 Å². The van der Waals surface area contributed by atoms with Crippen molar-refractivity contribution < 1.29 is 32.3 Å². The third kappa shape index (κ3) is 8.10. The van der Waals surface area contributed by atoms with Crippen molar-refractivity contribution in [1.29, 1.82) is 0 Å². The third-order valence-electron chi connectivity index (χ3n) is 5.24. The highest BCUT2D eigenvalue weighted by Gasteiger charge is 2.33. The molecule has 0 spiro atoms. The minimum absolute atomic E-state index is 0.146. The number of halogens is 5. The average molecular weight is 604 g/mol. The van der Waals surface area contributed by atoms with Crippen molar-refractivity contribution in [3.63, 3.8) is 0 Å². The van der Waals surface area contributed by atoms with Crippen LogP contribution in [0.2, 0.25) is 10.0 Å². The molecule has 4 amide bonds. The van der Waals surface area contributed by atoms with Gasteiger partial charge in [-0.2, -0.15) is 13.2 Å². The van der Waals surface area contributed by atoms with Gasteiger partial charge in [-0.25, -0.2) is 4.79 Å². The normalized spacial score (nSPS) is 10.9. The van der Waals surface area contributed by atoms with Gasteiger partial charge in [-0.15, -0.1) is 0 Å². The number of rotatable bonds is 6. The number of anilines is 2. The van der Waals surface area contributed by atoms with Gasteiger partial charge >= 0.3 is 12.2 Å². The lowest BCUT2D eigenvalue weighted by Gasteiger charge is -2.12. The molecule has 0 aliphatic rings. The summed E-state index contributed by atoms with van der Waals surface area (Å²) in [6.45, 7) is 0. The van der Waals surface area contributed by atoms with Gasteiger partial charge in [-0.3, -0.25) is 25.4 Å². The summed E-state index contributed by atoms with van der Waals surface area (Å²) in [5, 5.41) is 5.31. The Labute approximate surface area is 240 Å². The zero-order valence-corrected chi connectivity index (χ0v) is 22.1. The zero-order chi connectivity index (χ0) is 29.6. The number of aromatic nitrogens is 1. The second kappa shape index (κ2) is 12.6. The number of amides is 4. The van der Waals surface area contributed by atoms with E-state index in [2.05, 4.69) is 21.0 Å². The number of hydrogen-bond donors (Lipinski definition) is 4. The smallest absolute Gasteiger partial charge is 0.417 e. The van der Waals surface area contributed by atoms with E-state index in [9.17, 15) is 27.6 Å². The van der Waals surface area contributed by atoms with E-state index in [4.69, 9.17) is 27.9 Å². The molecule has 0 aliphatic heterocycles. The van der Waals surface area contributed by atoms with Crippen LogP contribution in [0.1, 0.15) is 26.4 Å². The first-order chi connectivity index (χ1) is 19.5. The second-order valence-electron chi connectivity index (χ2n) is 8.19. The molecule has 0 radical (unpaired) electrons. The summed E-state index contributed by atoms with van der Waals surface area (Å²) < 4.78 is 44.9. The van der Waals surface area contributed by atoms with Crippen LogP contribution in [-0.2, 0) is 6.18 Å². The maximum atomic E-state index is 13.0. The molecule has 1 aromatic heterocycles. The van der Waals surface area contributed by atoms with Crippen LogP contribution in [0.5, 0.6) is 11.5 Å². The largest absolute Gasteiger partial charge is 0.457 e. The first-order valence-corrected chi connectivity index (χ1v) is 12.3. The van der Waals surface area contributed by atoms with E-state index in [0.717, 1.165) is 12.1 Å². The van der Waals surface area contributed by atoms with Crippen LogP contribution < -0.4 is 26.2 Å². The molecular weight excluding hydrogens is 586 g/mol. The number of hydrogen-bond acceptors (Lipinski definition) is 5. The van der Waals surface area contributed by atoms with E-state index in [-0.39, 0.29) is 17.0 Å². The predicted molar refractivity (Wildman–Crippen MR) is 146 cm³/mol. The quantitative estimate of drug-likeness (QED) is 0.178. The Morgan fingerprint density at radius 3 is 1.98 bits per heavy atom. The minimum Gasteiger partial charge on any atom is -0.457 e. The number of nitrogens with one attached hydrogen (secondary N) is 4. The van der Waals surface area contributed by atoms with E-state index in [0.29, 0.717) is 28.2 Å². The van der Waals surface area contributed by atoms with Gasteiger partial charge in [0.2, 0.25) is 0 Å². The summed E-state index contributed by atoms with van der Waals surface area (Å²) >= 11 is 11.4. The van der Waals surface area contributed by atoms with Crippen LogP contribution in [0.3, 0.4) is 0 Å². The topological polar surface area (TPSA) is 121 Å². The van der Waals surface area contributed by atoms with Crippen molar-refractivity contribution in [2.24, 2.45) is 0 Å². The summed E-state index contributed by atoms with van der Waals surface area (Å²) in [5.74, 6) is -1.24. The molecule has 210 valence electrons. The predicted octanol–water partition coefficient (Wildman–Crippen LogP) is 6.92. The van der Waals surface area contributed by atoms with E-state index in [1.54, 1.807) is 48.5 Å². The number of ether oxygens (including phenoxy) is 1. The van der Waals surface area contributed by atoms with Crippen molar-refractivity contribution in [2.45, 2.75) is 6.18 Å². The van der Waals surface area contributed by atoms with Crippen molar-refractivity contribution in [3.05, 3.63) is 112 Å². The summed E-state index contributed by atoms with van der Waals surface area (Å²) in [6.07, 6.45) is -3.47. The van der Waals surface area contributed by atoms with Gasteiger partial charge < -0.3 is 15.4 Å². The van der Waals surface area contributed by atoms with E-state index in [1.165, 1.54) is 18.3 Å². The molecule has 0 unspecified atom stereocenters. The van der Waals surface area contributed by atoms with Crippen LogP contribution in [-0.4, -0.2) is 22.8 Å². The number of urea groups is 1. The van der Waals surface area contributed by atoms with E-state index < -0.39 is 34.6 Å². The van der Waals surface area contributed by atoms with Gasteiger partial charge in [0, 0.05) is 34.2 Å². The highest BCUT2D eigenvalue weighted by atomic mass is 35.5. The van der Waals surface area contributed by atoms with Crippen LogP contribution >= 0.6 is 23.2 Å². The molecule has 4 N–H and O–H groups in total. The molecule has 0 saturated heterocycles. The molecule has 41 heavy (non-hydrogen) atoms. The van der Waals surface area contributed by atoms with Crippen molar-refractivity contribution in [3.8, 4) is 11.5 Å². The second-order valence-corrected chi connectivity index (χ2v) is 9.03. The maximum Gasteiger partial charge on any atom is 0.417 e. The monoisotopic (exact) mass is 603 g/mol. The molecule has 4 rings (SSSR count). The van der Waals surface area contributed by atoms with E-state index in [1.807, 2.05) is 5.43 Å². The molecule has 0 bridgehead atoms. The standard InChI is InChI=1S/C27H18Cl2F3N5O4/c28-16-2-4-17(5-3-16)34-26(40)35-18-6-8-19(9-7-18)41-20-11-12-33-23(14-20)25(39)37-36-24(38)15-1-10-22(29)21(13-15)27(30,31)32/h1-14H,(H,36,38)(H,37,39)(H2,34,35,40). The molecule has 0 aliphatic carbocycles. The third-order valence-corrected chi connectivity index (χ3v) is 5.82. The first kappa shape index (κ1) is 29.2. The fourth-order valence-corrected chi connectivity index (χ4v) is 3.65. The number of carbonyl (C=O) groups excluding carboxylic acids is 3. The lowest BCUT2D eigenvalue weighted by Crippen LogP contribution is -2.42. The summed E-state index contributed by atoms with van der Waals surface area (Å²) in [4.78, 5) is 40.8. The van der Waals surface area contributed by atoms with Crippen LogP contribution in [0.4, 0.5) is 29.3 Å². The number of hydrazine groups is 1. The molecule has 0 saturated carbocycles. The fraction of sp³-hybridized carbons (Fsp3) is 0.0370. The van der Waals surface area contributed by atoms with Crippen molar-refractivity contribution >= 4 is 52.4 Å². The summed E-state index contributed by atoms with van der Waals surface area (Å²) in [6, 6.07) is 17.9. The summed E-state index contributed by atoms with van der Waals surface area (Å²) in [7, 11) is 0. The molecule has 0 fully saturated rings. The Morgan fingerprint density at radius 1 is 0.732 bits per heavy atom. The molecule has 0 atom stereocenters. The van der Waals surface area contributed by atoms with Crippen molar-refractivity contribution in [2.75, 3.05) is 10.6 Å². The van der Waals surface area contributed by atoms with Gasteiger partial charge in [-0.05, 0) is 72.8 Å². The molecule has 9 nitrogen and oxygen atoms in total.